The molecular formula is C15H27NO3. The Morgan fingerprint density at radius 1 is 1.26 bits per heavy atom. The lowest BCUT2D eigenvalue weighted by molar-refractivity contribution is -0.147. The van der Waals surface area contributed by atoms with Gasteiger partial charge in [-0.1, -0.05) is 27.2 Å². The average molecular weight is 269 g/mol. The minimum absolute atomic E-state index is 0.192. The predicted octanol–water partition coefficient (Wildman–Crippen LogP) is 2.47. The summed E-state index contributed by atoms with van der Waals surface area (Å²) in [6.45, 7) is 7.34. The molecule has 0 bridgehead atoms. The zero-order valence-corrected chi connectivity index (χ0v) is 12.6. The van der Waals surface area contributed by atoms with Crippen molar-refractivity contribution in [1.82, 2.24) is 4.90 Å². The molecule has 0 aromatic rings. The van der Waals surface area contributed by atoms with Crippen molar-refractivity contribution in [2.45, 2.75) is 46.5 Å². The van der Waals surface area contributed by atoms with E-state index in [9.17, 15) is 9.59 Å². The third-order valence-corrected chi connectivity index (χ3v) is 3.84. The van der Waals surface area contributed by atoms with E-state index in [-0.39, 0.29) is 23.7 Å². The first-order valence-electron chi connectivity index (χ1n) is 7.32. The summed E-state index contributed by atoms with van der Waals surface area (Å²) in [5.74, 6) is 0.488. The van der Waals surface area contributed by atoms with E-state index in [2.05, 4.69) is 13.8 Å². The normalized spacial score (nSPS) is 16.9. The smallest absolute Gasteiger partial charge is 0.310 e. The van der Waals surface area contributed by atoms with Gasteiger partial charge in [0.1, 0.15) is 0 Å². The quantitative estimate of drug-likeness (QED) is 0.667. The topological polar surface area (TPSA) is 46.6 Å². The standard InChI is InChI=1S/C15H27NO3/c1-11(2)8-9-16(10-12(3)15(18)19-4)14(17)13-6-5-7-13/h11-13H,5-10H2,1-4H3. The van der Waals surface area contributed by atoms with E-state index in [1.165, 1.54) is 7.11 Å². The van der Waals surface area contributed by atoms with Crippen LogP contribution in [0.25, 0.3) is 0 Å². The van der Waals surface area contributed by atoms with Crippen molar-refractivity contribution >= 4 is 11.9 Å². The lowest BCUT2D eigenvalue weighted by atomic mass is 9.84. The number of carbonyl (C=O) groups excluding carboxylic acids is 2. The molecule has 1 aliphatic rings. The number of ether oxygens (including phenoxy) is 1. The molecular weight excluding hydrogens is 242 g/mol. The first-order valence-corrected chi connectivity index (χ1v) is 7.32. The maximum absolute atomic E-state index is 12.4. The molecule has 1 atom stereocenters. The Labute approximate surface area is 116 Å². The van der Waals surface area contributed by atoms with Crippen LogP contribution in [0.15, 0.2) is 0 Å². The Kier molecular flexibility index (Phi) is 6.32. The Balaban J connectivity index is 2.57. The van der Waals surface area contributed by atoms with Gasteiger partial charge in [-0.15, -0.1) is 0 Å². The van der Waals surface area contributed by atoms with Crippen molar-refractivity contribution in [2.24, 2.45) is 17.8 Å². The molecule has 4 nitrogen and oxygen atoms in total. The van der Waals surface area contributed by atoms with E-state index < -0.39 is 0 Å². The van der Waals surface area contributed by atoms with Crippen molar-refractivity contribution in [3.8, 4) is 0 Å². The molecule has 4 heteroatoms. The van der Waals surface area contributed by atoms with Gasteiger partial charge in [0.15, 0.2) is 0 Å². The number of esters is 1. The van der Waals surface area contributed by atoms with Crippen LogP contribution >= 0.6 is 0 Å². The highest BCUT2D eigenvalue weighted by Crippen LogP contribution is 2.28. The highest BCUT2D eigenvalue weighted by atomic mass is 16.5. The van der Waals surface area contributed by atoms with Gasteiger partial charge in [-0.2, -0.15) is 0 Å². The molecule has 1 unspecified atom stereocenters. The van der Waals surface area contributed by atoms with Gasteiger partial charge >= 0.3 is 5.97 Å². The Morgan fingerprint density at radius 3 is 2.32 bits per heavy atom. The lowest BCUT2D eigenvalue weighted by Crippen LogP contribution is -2.43. The molecule has 1 amide bonds. The van der Waals surface area contributed by atoms with Crippen LogP contribution in [-0.4, -0.2) is 37.0 Å². The molecule has 0 radical (unpaired) electrons. The van der Waals surface area contributed by atoms with Gasteiger partial charge in [-0.3, -0.25) is 9.59 Å². The van der Waals surface area contributed by atoms with Crippen molar-refractivity contribution in [1.29, 1.82) is 0 Å². The summed E-state index contributed by atoms with van der Waals surface area (Å²) in [6.07, 6.45) is 4.14. The third-order valence-electron chi connectivity index (χ3n) is 3.84. The molecule has 1 fully saturated rings. The van der Waals surface area contributed by atoms with Crippen LogP contribution in [0.5, 0.6) is 0 Å². The second-order valence-electron chi connectivity index (χ2n) is 6.02. The summed E-state index contributed by atoms with van der Waals surface area (Å²) in [5.41, 5.74) is 0. The van der Waals surface area contributed by atoms with Crippen LogP contribution in [0, 0.1) is 17.8 Å². The van der Waals surface area contributed by atoms with E-state index >= 15 is 0 Å². The van der Waals surface area contributed by atoms with E-state index in [1.54, 1.807) is 0 Å². The maximum Gasteiger partial charge on any atom is 0.310 e. The average Bonchev–Trinajstić information content (AvgIpc) is 2.30. The number of hydrogen-bond acceptors (Lipinski definition) is 3. The molecule has 0 saturated heterocycles. The van der Waals surface area contributed by atoms with Gasteiger partial charge < -0.3 is 9.64 Å². The molecule has 0 aromatic heterocycles. The Hall–Kier alpha value is -1.06. The van der Waals surface area contributed by atoms with Crippen molar-refractivity contribution in [3.63, 3.8) is 0 Å². The summed E-state index contributed by atoms with van der Waals surface area (Å²) in [4.78, 5) is 25.7. The first-order chi connectivity index (χ1) is 8.95. The number of carbonyl (C=O) groups is 2. The fraction of sp³-hybridized carbons (Fsp3) is 0.867. The van der Waals surface area contributed by atoms with Crippen LogP contribution in [0.3, 0.4) is 0 Å². The van der Waals surface area contributed by atoms with Gasteiger partial charge in [0.05, 0.1) is 13.0 Å². The molecule has 0 aromatic carbocycles. The number of amides is 1. The molecule has 110 valence electrons. The zero-order chi connectivity index (χ0) is 14.4. The highest BCUT2D eigenvalue weighted by Gasteiger charge is 2.31. The monoisotopic (exact) mass is 269 g/mol. The lowest BCUT2D eigenvalue weighted by Gasteiger charge is -2.33. The summed E-state index contributed by atoms with van der Waals surface area (Å²) < 4.78 is 4.74. The van der Waals surface area contributed by atoms with Crippen molar-refractivity contribution in [3.05, 3.63) is 0 Å². The number of hydrogen-bond donors (Lipinski definition) is 0. The van der Waals surface area contributed by atoms with E-state index in [0.29, 0.717) is 12.5 Å². The van der Waals surface area contributed by atoms with Crippen LogP contribution in [-0.2, 0) is 14.3 Å². The van der Waals surface area contributed by atoms with Crippen LogP contribution in [0.4, 0.5) is 0 Å². The van der Waals surface area contributed by atoms with Crippen molar-refractivity contribution < 1.29 is 14.3 Å². The van der Waals surface area contributed by atoms with Gasteiger partial charge in [0, 0.05) is 19.0 Å². The van der Waals surface area contributed by atoms with Crippen LogP contribution in [0.2, 0.25) is 0 Å². The molecule has 0 N–H and O–H groups in total. The first kappa shape index (κ1) is 16.0. The fourth-order valence-corrected chi connectivity index (χ4v) is 2.23. The van der Waals surface area contributed by atoms with Gasteiger partial charge in [0.25, 0.3) is 0 Å². The summed E-state index contributed by atoms with van der Waals surface area (Å²) in [6, 6.07) is 0. The number of rotatable bonds is 7. The van der Waals surface area contributed by atoms with Crippen molar-refractivity contribution in [2.75, 3.05) is 20.2 Å². The van der Waals surface area contributed by atoms with E-state index in [0.717, 1.165) is 32.2 Å². The SMILES string of the molecule is COC(=O)C(C)CN(CCC(C)C)C(=O)C1CCC1. The molecule has 0 heterocycles. The molecule has 0 aliphatic heterocycles. The second kappa shape index (κ2) is 7.51. The number of methoxy groups -OCH3 is 1. The van der Waals surface area contributed by atoms with Crippen LogP contribution < -0.4 is 0 Å². The largest absolute Gasteiger partial charge is 0.469 e. The van der Waals surface area contributed by atoms with E-state index in [1.807, 2.05) is 11.8 Å². The minimum Gasteiger partial charge on any atom is -0.469 e. The number of nitrogens with zero attached hydrogens (tertiary/aromatic N) is 1. The molecule has 1 aliphatic carbocycles. The molecule has 19 heavy (non-hydrogen) atoms. The Bertz CT molecular complexity index is 311. The predicted molar refractivity (Wildman–Crippen MR) is 74.6 cm³/mol. The van der Waals surface area contributed by atoms with Crippen LogP contribution in [0.1, 0.15) is 46.5 Å². The summed E-state index contributed by atoms with van der Waals surface area (Å²) in [7, 11) is 1.39. The van der Waals surface area contributed by atoms with Gasteiger partial charge in [-0.25, -0.2) is 0 Å². The van der Waals surface area contributed by atoms with Gasteiger partial charge in [0.2, 0.25) is 5.91 Å². The Morgan fingerprint density at radius 2 is 1.89 bits per heavy atom. The maximum atomic E-state index is 12.4. The highest BCUT2D eigenvalue weighted by molar-refractivity contribution is 5.80. The minimum atomic E-state index is -0.249. The second-order valence-corrected chi connectivity index (χ2v) is 6.02. The van der Waals surface area contributed by atoms with E-state index in [4.69, 9.17) is 4.74 Å². The summed E-state index contributed by atoms with van der Waals surface area (Å²) >= 11 is 0. The molecule has 1 rings (SSSR count). The zero-order valence-electron chi connectivity index (χ0n) is 12.6. The molecule has 0 spiro atoms. The van der Waals surface area contributed by atoms with Gasteiger partial charge in [-0.05, 0) is 25.2 Å². The molecule has 1 saturated carbocycles. The fourth-order valence-electron chi connectivity index (χ4n) is 2.23. The third kappa shape index (κ3) is 4.84. The summed E-state index contributed by atoms with van der Waals surface area (Å²) in [5, 5.41) is 0.